The fraction of sp³-hybridized carbons (Fsp3) is 0.429. The molecule has 2 aliphatic rings. The van der Waals surface area contributed by atoms with Crippen LogP contribution in [0.3, 0.4) is 0 Å². The number of piperidine rings is 1. The van der Waals surface area contributed by atoms with E-state index in [0.29, 0.717) is 24.6 Å². The molecule has 1 aromatic heterocycles. The molecular formula is C21H24N2O3. The Balaban J connectivity index is 1.52. The summed E-state index contributed by atoms with van der Waals surface area (Å²) in [5, 5.41) is 0. The zero-order chi connectivity index (χ0) is 18.1. The predicted octanol–water partition coefficient (Wildman–Crippen LogP) is 3.67. The number of fused-ring (bicyclic) bond motifs is 1. The number of likely N-dealkylation sites (tertiary alicyclic amines) is 1. The molecule has 2 amide bonds. The Morgan fingerprint density at radius 2 is 1.96 bits per heavy atom. The molecule has 26 heavy (non-hydrogen) atoms. The highest BCUT2D eigenvalue weighted by atomic mass is 16.3. The first-order valence-electron chi connectivity index (χ1n) is 9.37. The van der Waals surface area contributed by atoms with Crippen molar-refractivity contribution in [1.82, 2.24) is 4.90 Å². The number of anilines is 1. The van der Waals surface area contributed by atoms with E-state index in [1.165, 1.54) is 18.1 Å². The second kappa shape index (κ2) is 6.98. The van der Waals surface area contributed by atoms with E-state index in [1.807, 2.05) is 23.1 Å². The Kier molecular flexibility index (Phi) is 4.53. The van der Waals surface area contributed by atoms with Crippen LogP contribution in [0.15, 0.2) is 47.3 Å². The Labute approximate surface area is 153 Å². The van der Waals surface area contributed by atoms with Crippen molar-refractivity contribution in [3.63, 3.8) is 0 Å². The number of hydrogen-bond donors (Lipinski definition) is 0. The highest BCUT2D eigenvalue weighted by molar-refractivity contribution is 5.98. The number of furan rings is 1. The third-order valence-corrected chi connectivity index (χ3v) is 5.64. The molecular weight excluding hydrogens is 328 g/mol. The lowest BCUT2D eigenvalue weighted by Crippen LogP contribution is -2.48. The highest BCUT2D eigenvalue weighted by Crippen LogP contribution is 2.36. The summed E-state index contributed by atoms with van der Waals surface area (Å²) in [6.45, 7) is 4.15. The lowest BCUT2D eigenvalue weighted by molar-refractivity contribution is -0.123. The van der Waals surface area contributed by atoms with Gasteiger partial charge in [-0.15, -0.1) is 0 Å². The van der Waals surface area contributed by atoms with E-state index < -0.39 is 0 Å². The maximum Gasteiger partial charge on any atom is 0.257 e. The maximum atomic E-state index is 13.2. The minimum atomic E-state index is -0.138. The van der Waals surface area contributed by atoms with Gasteiger partial charge in [-0.1, -0.05) is 25.1 Å². The van der Waals surface area contributed by atoms with E-state index in [1.54, 1.807) is 11.0 Å². The van der Waals surface area contributed by atoms with Crippen LogP contribution in [-0.2, 0) is 4.79 Å². The van der Waals surface area contributed by atoms with Gasteiger partial charge in [-0.3, -0.25) is 9.59 Å². The number of carbonyl (C=O) groups is 2. The molecule has 0 spiro atoms. The second-order valence-electron chi connectivity index (χ2n) is 7.34. The molecule has 1 fully saturated rings. The third-order valence-electron chi connectivity index (χ3n) is 5.64. The van der Waals surface area contributed by atoms with Gasteiger partial charge in [0.1, 0.15) is 6.26 Å². The van der Waals surface area contributed by atoms with Crippen LogP contribution in [0, 0.1) is 5.92 Å². The van der Waals surface area contributed by atoms with Gasteiger partial charge in [0, 0.05) is 25.3 Å². The van der Waals surface area contributed by atoms with E-state index in [4.69, 9.17) is 4.42 Å². The van der Waals surface area contributed by atoms with Gasteiger partial charge in [0.05, 0.1) is 17.7 Å². The van der Waals surface area contributed by atoms with Gasteiger partial charge < -0.3 is 14.2 Å². The first-order valence-corrected chi connectivity index (χ1v) is 9.37. The Morgan fingerprint density at radius 3 is 2.77 bits per heavy atom. The molecule has 0 unspecified atom stereocenters. The number of hydrogen-bond acceptors (Lipinski definition) is 3. The van der Waals surface area contributed by atoms with Crippen LogP contribution in [-0.4, -0.2) is 36.3 Å². The molecule has 0 aliphatic carbocycles. The predicted molar refractivity (Wildman–Crippen MR) is 99.2 cm³/mol. The number of carbonyl (C=O) groups excluding carboxylic acids is 2. The highest BCUT2D eigenvalue weighted by Gasteiger charge is 2.34. The minimum Gasteiger partial charge on any atom is -0.472 e. The molecule has 3 heterocycles. The molecule has 4 rings (SSSR count). The van der Waals surface area contributed by atoms with E-state index in [0.717, 1.165) is 31.5 Å². The van der Waals surface area contributed by atoms with E-state index in [-0.39, 0.29) is 17.7 Å². The van der Waals surface area contributed by atoms with Crippen LogP contribution >= 0.6 is 0 Å². The van der Waals surface area contributed by atoms with E-state index in [9.17, 15) is 9.59 Å². The molecule has 136 valence electrons. The zero-order valence-electron chi connectivity index (χ0n) is 15.1. The van der Waals surface area contributed by atoms with Gasteiger partial charge in [-0.05, 0) is 42.9 Å². The third kappa shape index (κ3) is 3.02. The quantitative estimate of drug-likeness (QED) is 0.829. The summed E-state index contributed by atoms with van der Waals surface area (Å²) in [4.78, 5) is 29.6. The molecule has 0 radical (unpaired) electrons. The van der Waals surface area contributed by atoms with Crippen LogP contribution < -0.4 is 4.90 Å². The molecule has 5 heteroatoms. The fourth-order valence-corrected chi connectivity index (χ4v) is 4.13. The normalized spacial score (nSPS) is 22.8. The van der Waals surface area contributed by atoms with Crippen molar-refractivity contribution in [2.45, 2.75) is 32.1 Å². The van der Waals surface area contributed by atoms with Crippen molar-refractivity contribution in [3.8, 4) is 0 Å². The van der Waals surface area contributed by atoms with Crippen LogP contribution in [0.25, 0.3) is 0 Å². The van der Waals surface area contributed by atoms with Crippen molar-refractivity contribution in [3.05, 3.63) is 54.0 Å². The van der Waals surface area contributed by atoms with Crippen molar-refractivity contribution >= 4 is 17.5 Å². The number of nitrogens with zero attached hydrogens (tertiary/aromatic N) is 2. The fourth-order valence-electron chi connectivity index (χ4n) is 4.13. The van der Waals surface area contributed by atoms with E-state index >= 15 is 0 Å². The molecule has 2 aliphatic heterocycles. The Morgan fingerprint density at radius 1 is 1.12 bits per heavy atom. The van der Waals surface area contributed by atoms with Crippen LogP contribution in [0.1, 0.15) is 48.0 Å². The lowest BCUT2D eigenvalue weighted by Gasteiger charge is -2.38. The standard InChI is InChI=1S/C21H24N2O3/c1-15-8-11-23(19-7-3-2-6-18(15)19)21(25)16-5-4-10-22(13-16)20(24)17-9-12-26-14-17/h2-3,6-7,9,12,14-16H,4-5,8,10-11,13H2,1H3/t15-,16-/m0/s1. The SMILES string of the molecule is C[C@H]1CCN(C(=O)[C@H]2CCCN(C(=O)c3ccoc3)C2)c2ccccc21. The van der Waals surface area contributed by atoms with Crippen LogP contribution in [0.4, 0.5) is 5.69 Å². The Bertz CT molecular complexity index is 799. The van der Waals surface area contributed by atoms with Gasteiger partial charge in [-0.25, -0.2) is 0 Å². The largest absolute Gasteiger partial charge is 0.472 e. The summed E-state index contributed by atoms with van der Waals surface area (Å²) >= 11 is 0. The molecule has 5 nitrogen and oxygen atoms in total. The summed E-state index contributed by atoms with van der Waals surface area (Å²) < 4.78 is 5.02. The average molecular weight is 352 g/mol. The Hall–Kier alpha value is -2.56. The van der Waals surface area contributed by atoms with Crippen LogP contribution in [0.2, 0.25) is 0 Å². The molecule has 2 atom stereocenters. The molecule has 0 N–H and O–H groups in total. The number of para-hydroxylation sites is 1. The molecule has 0 bridgehead atoms. The molecule has 2 aromatic rings. The van der Waals surface area contributed by atoms with Gasteiger partial charge in [0.25, 0.3) is 5.91 Å². The van der Waals surface area contributed by atoms with Gasteiger partial charge in [0.15, 0.2) is 0 Å². The van der Waals surface area contributed by atoms with Gasteiger partial charge in [-0.2, -0.15) is 0 Å². The molecule has 1 saturated heterocycles. The lowest BCUT2D eigenvalue weighted by atomic mass is 9.89. The van der Waals surface area contributed by atoms with Crippen molar-refractivity contribution in [2.24, 2.45) is 5.92 Å². The van der Waals surface area contributed by atoms with Crippen LogP contribution in [0.5, 0.6) is 0 Å². The summed E-state index contributed by atoms with van der Waals surface area (Å²) in [5.41, 5.74) is 2.83. The maximum absolute atomic E-state index is 13.2. The smallest absolute Gasteiger partial charge is 0.257 e. The molecule has 0 saturated carbocycles. The number of rotatable bonds is 2. The minimum absolute atomic E-state index is 0.0519. The monoisotopic (exact) mass is 352 g/mol. The summed E-state index contributed by atoms with van der Waals surface area (Å²) in [5.74, 6) is 0.430. The summed E-state index contributed by atoms with van der Waals surface area (Å²) in [7, 11) is 0. The van der Waals surface area contributed by atoms with Crippen molar-refractivity contribution in [2.75, 3.05) is 24.5 Å². The van der Waals surface area contributed by atoms with Crippen molar-refractivity contribution in [1.29, 1.82) is 0 Å². The first-order chi connectivity index (χ1) is 12.6. The first kappa shape index (κ1) is 16.9. The van der Waals surface area contributed by atoms with Gasteiger partial charge >= 0.3 is 0 Å². The average Bonchev–Trinajstić information content (AvgIpc) is 3.22. The van der Waals surface area contributed by atoms with Crippen molar-refractivity contribution < 1.29 is 14.0 Å². The van der Waals surface area contributed by atoms with Gasteiger partial charge in [0.2, 0.25) is 5.91 Å². The second-order valence-corrected chi connectivity index (χ2v) is 7.34. The number of benzene rings is 1. The van der Waals surface area contributed by atoms with E-state index in [2.05, 4.69) is 13.0 Å². The zero-order valence-corrected chi connectivity index (χ0v) is 15.1. The summed E-state index contributed by atoms with van der Waals surface area (Å²) in [6, 6.07) is 9.87. The molecule has 1 aromatic carbocycles. The summed E-state index contributed by atoms with van der Waals surface area (Å²) in [6.07, 6.45) is 5.64. The number of amides is 2. The topological polar surface area (TPSA) is 53.8 Å².